The van der Waals surface area contributed by atoms with Gasteiger partial charge in [-0.15, -0.1) is 0 Å². The van der Waals surface area contributed by atoms with E-state index in [1.807, 2.05) is 0 Å². The normalized spacial score (nSPS) is 9.54. The van der Waals surface area contributed by atoms with Crippen LogP contribution in [0, 0.1) is 0 Å². The summed E-state index contributed by atoms with van der Waals surface area (Å²) in [6.07, 6.45) is 8.39. The van der Waals surface area contributed by atoms with Gasteiger partial charge in [-0.05, 0) is 18.6 Å². The van der Waals surface area contributed by atoms with Crippen molar-refractivity contribution in [2.45, 2.75) is 51.9 Å². The third kappa shape index (κ3) is 10.1. The Hall–Kier alpha value is -0.0400. The Bertz CT molecular complexity index is 509. The van der Waals surface area contributed by atoms with Crippen LogP contribution in [-0.4, -0.2) is 18.5 Å². The maximum Gasteiger partial charge on any atom is 1.00 e. The van der Waals surface area contributed by atoms with Crippen LogP contribution in [0.25, 0.3) is 0 Å². The first-order chi connectivity index (χ1) is 10.6. The van der Waals surface area contributed by atoms with Gasteiger partial charge >= 0.3 is 59.1 Å². The molecular weight excluding hydrogens is 328 g/mol. The molecule has 1 rings (SSSR count). The molecule has 0 bridgehead atoms. The minimum absolute atomic E-state index is 0. The summed E-state index contributed by atoms with van der Waals surface area (Å²) >= 11 is 0. The Kier molecular flexibility index (Phi) is 16.6. The van der Waals surface area contributed by atoms with Crippen LogP contribution >= 0.6 is 0 Å². The predicted octanol–water partition coefficient (Wildman–Crippen LogP) is -4.42. The molecule has 0 amide bonds. The van der Waals surface area contributed by atoms with Crippen molar-refractivity contribution in [3.63, 3.8) is 0 Å². The van der Waals surface area contributed by atoms with E-state index in [0.717, 1.165) is 19.4 Å². The molecular formula is C17H23NNa2O4. The molecule has 1 aromatic carbocycles. The number of hydrogen-bond acceptors (Lipinski definition) is 5. The van der Waals surface area contributed by atoms with Crippen LogP contribution in [0.5, 0.6) is 0 Å². The van der Waals surface area contributed by atoms with Gasteiger partial charge in [0, 0.05) is 23.4 Å². The van der Waals surface area contributed by atoms with E-state index in [4.69, 9.17) is 0 Å². The molecule has 122 valence electrons. The second kappa shape index (κ2) is 15.2. The van der Waals surface area contributed by atoms with Gasteiger partial charge in [-0.2, -0.15) is 0 Å². The molecule has 0 atom stereocenters. The number of carboxylic acid groups (broad SMARTS) is 2. The number of benzene rings is 1. The fraction of sp³-hybridized carbons (Fsp3) is 0.529. The second-order valence-corrected chi connectivity index (χ2v) is 5.38. The summed E-state index contributed by atoms with van der Waals surface area (Å²) in [6.45, 7) is 2.92. The van der Waals surface area contributed by atoms with E-state index >= 15 is 0 Å². The fourth-order valence-electron chi connectivity index (χ4n) is 2.32. The van der Waals surface area contributed by atoms with Gasteiger partial charge in [-0.3, -0.25) is 0 Å². The van der Waals surface area contributed by atoms with Crippen LogP contribution < -0.4 is 74.6 Å². The average Bonchev–Trinajstić information content (AvgIpc) is 2.49. The zero-order valence-electron chi connectivity index (χ0n) is 15.0. The predicted molar refractivity (Wildman–Crippen MR) is 81.6 cm³/mol. The van der Waals surface area contributed by atoms with Gasteiger partial charge in [0.2, 0.25) is 0 Å². The van der Waals surface area contributed by atoms with Crippen LogP contribution in [0.3, 0.4) is 0 Å². The molecule has 0 saturated carbocycles. The zero-order chi connectivity index (χ0) is 16.4. The number of anilines is 1. The maximum atomic E-state index is 10.9. The van der Waals surface area contributed by atoms with Crippen molar-refractivity contribution < 1.29 is 78.9 Å². The first-order valence-electron chi connectivity index (χ1n) is 7.87. The minimum Gasteiger partial charge on any atom is -0.545 e. The number of nitrogens with one attached hydrogen (secondary N) is 1. The monoisotopic (exact) mass is 351 g/mol. The number of aromatic carboxylic acids is 2. The van der Waals surface area contributed by atoms with Crippen LogP contribution in [0.1, 0.15) is 72.6 Å². The number of hydrogen-bond donors (Lipinski definition) is 1. The molecule has 0 fully saturated rings. The number of carbonyl (C=O) groups is 2. The number of carbonyl (C=O) groups excluding carboxylic acids is 2. The molecule has 5 nitrogen and oxygen atoms in total. The summed E-state index contributed by atoms with van der Waals surface area (Å²) in [6, 6.07) is 4.05. The van der Waals surface area contributed by atoms with Crippen molar-refractivity contribution >= 4 is 17.6 Å². The summed E-state index contributed by atoms with van der Waals surface area (Å²) in [5.41, 5.74) is -0.138. The van der Waals surface area contributed by atoms with Crippen LogP contribution in [0.2, 0.25) is 0 Å². The van der Waals surface area contributed by atoms with E-state index in [2.05, 4.69) is 12.2 Å². The van der Waals surface area contributed by atoms with Gasteiger partial charge in [0.15, 0.2) is 0 Å². The van der Waals surface area contributed by atoms with Crippen molar-refractivity contribution in [1.82, 2.24) is 0 Å². The molecule has 7 heteroatoms. The molecule has 0 aromatic heterocycles. The number of carboxylic acids is 2. The number of rotatable bonds is 11. The molecule has 0 heterocycles. The van der Waals surface area contributed by atoms with Crippen LogP contribution in [0.15, 0.2) is 18.2 Å². The maximum absolute atomic E-state index is 10.9. The smallest absolute Gasteiger partial charge is 0.545 e. The summed E-state index contributed by atoms with van der Waals surface area (Å²) in [5, 5.41) is 24.9. The Balaban J connectivity index is 0. The average molecular weight is 351 g/mol. The largest absolute Gasteiger partial charge is 1.00 e. The Labute approximate surface area is 188 Å². The SMILES string of the molecule is CCCCCCCCCNc1ccc(C(=O)[O-])c(C(=O)[O-])c1.[Na+].[Na+]. The molecule has 0 radical (unpaired) electrons. The minimum atomic E-state index is -1.52. The van der Waals surface area contributed by atoms with Crippen molar-refractivity contribution in [2.24, 2.45) is 0 Å². The topological polar surface area (TPSA) is 92.3 Å². The van der Waals surface area contributed by atoms with Crippen LogP contribution in [0.4, 0.5) is 5.69 Å². The van der Waals surface area contributed by atoms with Gasteiger partial charge < -0.3 is 25.1 Å². The van der Waals surface area contributed by atoms with Crippen molar-refractivity contribution in [3.05, 3.63) is 29.3 Å². The molecule has 0 aliphatic heterocycles. The Morgan fingerprint density at radius 2 is 1.42 bits per heavy atom. The molecule has 0 saturated heterocycles. The second-order valence-electron chi connectivity index (χ2n) is 5.38. The van der Waals surface area contributed by atoms with Crippen molar-refractivity contribution in [1.29, 1.82) is 0 Å². The molecule has 1 N–H and O–H groups in total. The summed E-state index contributed by atoms with van der Waals surface area (Å²) < 4.78 is 0. The van der Waals surface area contributed by atoms with E-state index in [0.29, 0.717) is 5.69 Å². The number of unbranched alkanes of at least 4 members (excludes halogenated alkanes) is 6. The molecule has 0 aliphatic carbocycles. The van der Waals surface area contributed by atoms with Crippen molar-refractivity contribution in [2.75, 3.05) is 11.9 Å². The molecule has 1 aromatic rings. The van der Waals surface area contributed by atoms with Crippen LogP contribution in [-0.2, 0) is 0 Å². The third-order valence-corrected chi connectivity index (χ3v) is 3.57. The standard InChI is InChI=1S/C17H25NO4.2Na/c1-2-3-4-5-6-7-8-11-18-13-9-10-14(16(19)20)15(12-13)17(21)22;;/h9-10,12,18H,2-8,11H2,1H3,(H,19,20)(H,21,22);;/q;2*+1/p-2. The van der Waals surface area contributed by atoms with E-state index in [1.165, 1.54) is 44.2 Å². The first-order valence-corrected chi connectivity index (χ1v) is 7.87. The fourth-order valence-corrected chi connectivity index (χ4v) is 2.32. The third-order valence-electron chi connectivity index (χ3n) is 3.57. The zero-order valence-corrected chi connectivity index (χ0v) is 19.0. The van der Waals surface area contributed by atoms with E-state index < -0.39 is 11.9 Å². The van der Waals surface area contributed by atoms with E-state index in [9.17, 15) is 19.8 Å². The quantitative estimate of drug-likeness (QED) is 0.321. The van der Waals surface area contributed by atoms with Crippen molar-refractivity contribution in [3.8, 4) is 0 Å². The van der Waals surface area contributed by atoms with E-state index in [-0.39, 0.29) is 70.2 Å². The molecule has 0 unspecified atom stereocenters. The van der Waals surface area contributed by atoms with Gasteiger partial charge in [-0.1, -0.05) is 51.5 Å². The molecule has 0 aliphatic rings. The first kappa shape index (κ1) is 26.2. The Morgan fingerprint density at radius 1 is 0.875 bits per heavy atom. The van der Waals surface area contributed by atoms with Gasteiger partial charge in [0.25, 0.3) is 0 Å². The Morgan fingerprint density at radius 3 is 1.96 bits per heavy atom. The summed E-state index contributed by atoms with van der Waals surface area (Å²) in [5.74, 6) is -3.03. The van der Waals surface area contributed by atoms with Gasteiger partial charge in [0.1, 0.15) is 0 Å². The summed E-state index contributed by atoms with van der Waals surface area (Å²) in [4.78, 5) is 21.8. The van der Waals surface area contributed by atoms with Gasteiger partial charge in [-0.25, -0.2) is 0 Å². The van der Waals surface area contributed by atoms with Gasteiger partial charge in [0.05, 0.1) is 11.9 Å². The molecule has 0 spiro atoms. The van der Waals surface area contributed by atoms with E-state index in [1.54, 1.807) is 6.07 Å². The molecule has 24 heavy (non-hydrogen) atoms. The summed E-state index contributed by atoms with van der Waals surface area (Å²) in [7, 11) is 0.